The number of hydrogen-bond acceptors (Lipinski definition) is 5. The van der Waals surface area contributed by atoms with E-state index in [0.717, 1.165) is 17.0 Å². The van der Waals surface area contributed by atoms with Gasteiger partial charge in [-0.25, -0.2) is 17.9 Å². The van der Waals surface area contributed by atoms with Crippen LogP contribution < -0.4 is 10.0 Å². The van der Waals surface area contributed by atoms with Gasteiger partial charge in [-0.05, 0) is 40.7 Å². The Morgan fingerprint density at radius 1 is 1.22 bits per heavy atom. The first-order chi connectivity index (χ1) is 11.9. The molecule has 0 unspecified atom stereocenters. The summed E-state index contributed by atoms with van der Waals surface area (Å²) in [5.41, 5.74) is -2.90. The van der Waals surface area contributed by atoms with Crippen molar-refractivity contribution in [2.75, 3.05) is 6.26 Å². The molecule has 0 bridgehead atoms. The normalized spacial score (nSPS) is 13.5. The summed E-state index contributed by atoms with van der Waals surface area (Å²) in [6, 6.07) is 0.766. The highest BCUT2D eigenvalue weighted by atomic mass is 32.2. The van der Waals surface area contributed by atoms with E-state index in [1.54, 1.807) is 34.6 Å². The van der Waals surface area contributed by atoms with Crippen molar-refractivity contribution >= 4 is 16.1 Å². The third kappa shape index (κ3) is 8.61. The number of rotatable bonds is 6. The second-order valence-corrected chi connectivity index (χ2v) is 9.61. The summed E-state index contributed by atoms with van der Waals surface area (Å²) in [7, 11) is -3.61. The number of halogens is 3. The van der Waals surface area contributed by atoms with Gasteiger partial charge < -0.3 is 10.1 Å². The highest BCUT2D eigenvalue weighted by Crippen LogP contribution is 2.29. The summed E-state index contributed by atoms with van der Waals surface area (Å²) in [5.74, 6) is 0. The molecule has 156 valence electrons. The molecule has 1 rings (SSSR count). The number of amides is 1. The molecule has 0 aliphatic heterocycles. The fourth-order valence-electron chi connectivity index (χ4n) is 2.07. The quantitative estimate of drug-likeness (QED) is 0.743. The van der Waals surface area contributed by atoms with Crippen molar-refractivity contribution in [3.63, 3.8) is 0 Å². The molecule has 1 aromatic heterocycles. The van der Waals surface area contributed by atoms with Gasteiger partial charge >= 0.3 is 12.3 Å². The van der Waals surface area contributed by atoms with Crippen LogP contribution in [-0.4, -0.2) is 41.7 Å². The van der Waals surface area contributed by atoms with Gasteiger partial charge in [-0.1, -0.05) is 0 Å². The van der Waals surface area contributed by atoms with Crippen molar-refractivity contribution in [3.05, 3.63) is 17.5 Å². The lowest BCUT2D eigenvalue weighted by Gasteiger charge is -2.29. The van der Waals surface area contributed by atoms with Crippen LogP contribution in [0, 0.1) is 0 Å². The molecule has 1 heterocycles. The number of aromatic nitrogens is 2. The highest BCUT2D eigenvalue weighted by Gasteiger charge is 2.36. The molecule has 1 amide bonds. The number of hydrogen-bond donors (Lipinski definition) is 2. The number of alkyl halides is 3. The second-order valence-electron chi connectivity index (χ2n) is 7.78. The zero-order chi connectivity index (χ0) is 21.3. The van der Waals surface area contributed by atoms with Gasteiger partial charge in [0.25, 0.3) is 0 Å². The topological polar surface area (TPSA) is 102 Å². The molecule has 0 radical (unpaired) electrons. The minimum atomic E-state index is -4.69. The van der Waals surface area contributed by atoms with Gasteiger partial charge in [-0.3, -0.25) is 4.68 Å². The number of alkyl carbamates (subject to hydrolysis) is 1. The molecule has 0 saturated carbocycles. The lowest BCUT2D eigenvalue weighted by atomic mass is 10.1. The van der Waals surface area contributed by atoms with Crippen LogP contribution in [0.4, 0.5) is 18.0 Å². The lowest BCUT2D eigenvalue weighted by molar-refractivity contribution is -0.141. The van der Waals surface area contributed by atoms with Crippen LogP contribution in [0.3, 0.4) is 0 Å². The number of nitrogens with one attached hydrogen (secondary N) is 2. The molecule has 8 nitrogen and oxygen atoms in total. The Morgan fingerprint density at radius 2 is 1.78 bits per heavy atom. The van der Waals surface area contributed by atoms with Crippen molar-refractivity contribution in [1.82, 2.24) is 19.8 Å². The molecule has 0 aliphatic rings. The average Bonchev–Trinajstić information content (AvgIpc) is 2.74. The predicted molar refractivity (Wildman–Crippen MR) is 92.4 cm³/mol. The summed E-state index contributed by atoms with van der Waals surface area (Å²) in [4.78, 5) is 11.9. The molecule has 12 heteroatoms. The summed E-state index contributed by atoms with van der Waals surface area (Å²) < 4.78 is 69.7. The van der Waals surface area contributed by atoms with Crippen LogP contribution in [0.15, 0.2) is 6.07 Å². The molecule has 0 atom stereocenters. The molecular weight excluding hydrogens is 389 g/mol. The standard InChI is InChI=1S/C15H25F3N4O4S/c1-13(2,3)26-12(23)20-14(4,5)9-22-10(8-19-27(6,24)25)7-11(21-22)15(16,17)18/h7,19H,8-9H2,1-6H3,(H,20,23). The summed E-state index contributed by atoms with van der Waals surface area (Å²) in [6.45, 7) is 7.69. The number of nitrogens with zero attached hydrogens (tertiary/aromatic N) is 2. The first-order valence-corrected chi connectivity index (χ1v) is 9.87. The lowest BCUT2D eigenvalue weighted by Crippen LogP contribution is -2.48. The van der Waals surface area contributed by atoms with Gasteiger partial charge in [0.05, 0.1) is 30.6 Å². The van der Waals surface area contributed by atoms with Gasteiger partial charge in [0.1, 0.15) is 5.60 Å². The predicted octanol–water partition coefficient (Wildman–Crippen LogP) is 2.25. The van der Waals surface area contributed by atoms with E-state index in [1.807, 2.05) is 0 Å². The van der Waals surface area contributed by atoms with Crippen LogP contribution in [0.1, 0.15) is 46.0 Å². The summed E-state index contributed by atoms with van der Waals surface area (Å²) in [5, 5.41) is 6.08. The molecule has 0 aliphatic carbocycles. The van der Waals surface area contributed by atoms with Crippen molar-refractivity contribution in [2.24, 2.45) is 0 Å². The van der Waals surface area contributed by atoms with E-state index in [-0.39, 0.29) is 18.8 Å². The summed E-state index contributed by atoms with van der Waals surface area (Å²) >= 11 is 0. The minimum absolute atomic E-state index is 0.00631. The highest BCUT2D eigenvalue weighted by molar-refractivity contribution is 7.88. The van der Waals surface area contributed by atoms with Crippen LogP contribution >= 0.6 is 0 Å². The largest absolute Gasteiger partial charge is 0.444 e. The van der Waals surface area contributed by atoms with E-state index in [0.29, 0.717) is 0 Å². The maximum Gasteiger partial charge on any atom is 0.435 e. The van der Waals surface area contributed by atoms with Crippen LogP contribution in [-0.2, 0) is 34.0 Å². The molecule has 27 heavy (non-hydrogen) atoms. The van der Waals surface area contributed by atoms with Crippen molar-refractivity contribution in [1.29, 1.82) is 0 Å². The monoisotopic (exact) mass is 414 g/mol. The first-order valence-electron chi connectivity index (χ1n) is 7.98. The summed E-state index contributed by atoms with van der Waals surface area (Å²) in [6.07, 6.45) is -4.52. The Kier molecular flexibility index (Phi) is 6.59. The molecular formula is C15H25F3N4O4S. The maximum atomic E-state index is 13.0. The van der Waals surface area contributed by atoms with E-state index < -0.39 is 39.1 Å². The molecule has 1 aromatic rings. The van der Waals surface area contributed by atoms with Crippen molar-refractivity contribution in [3.8, 4) is 0 Å². The van der Waals surface area contributed by atoms with Gasteiger partial charge in [0, 0.05) is 0 Å². The van der Waals surface area contributed by atoms with Crippen molar-refractivity contribution in [2.45, 2.75) is 65.0 Å². The number of ether oxygens (including phenoxy) is 1. The molecule has 2 N–H and O–H groups in total. The minimum Gasteiger partial charge on any atom is -0.444 e. The molecule has 0 saturated heterocycles. The molecule has 0 spiro atoms. The number of carbonyl (C=O) groups is 1. The van der Waals surface area contributed by atoms with E-state index in [9.17, 15) is 26.4 Å². The van der Waals surface area contributed by atoms with E-state index >= 15 is 0 Å². The SMILES string of the molecule is CC(C)(Cn1nc(C(F)(F)F)cc1CNS(C)(=O)=O)NC(=O)OC(C)(C)C. The third-order valence-corrected chi connectivity index (χ3v) is 3.72. The van der Waals surface area contributed by atoms with Crippen LogP contribution in [0.25, 0.3) is 0 Å². The Hall–Kier alpha value is -1.82. The Bertz CT molecular complexity index is 780. The fourth-order valence-corrected chi connectivity index (χ4v) is 2.48. The maximum absolute atomic E-state index is 13.0. The van der Waals surface area contributed by atoms with E-state index in [2.05, 4.69) is 15.1 Å². The van der Waals surface area contributed by atoms with E-state index in [1.165, 1.54) is 0 Å². The Labute approximate surface area is 156 Å². The van der Waals surface area contributed by atoms with E-state index in [4.69, 9.17) is 4.74 Å². The smallest absolute Gasteiger partial charge is 0.435 e. The fraction of sp³-hybridized carbons (Fsp3) is 0.733. The molecule has 0 aromatic carbocycles. The third-order valence-electron chi connectivity index (χ3n) is 3.05. The van der Waals surface area contributed by atoms with Crippen LogP contribution in [0.5, 0.6) is 0 Å². The van der Waals surface area contributed by atoms with Crippen LogP contribution in [0.2, 0.25) is 0 Å². The Balaban J connectivity index is 3.04. The Morgan fingerprint density at radius 3 is 2.22 bits per heavy atom. The van der Waals surface area contributed by atoms with Gasteiger partial charge in [0.2, 0.25) is 10.0 Å². The zero-order valence-corrected chi connectivity index (χ0v) is 16.9. The number of carbonyl (C=O) groups excluding carboxylic acids is 1. The average molecular weight is 414 g/mol. The first kappa shape index (κ1) is 23.2. The second kappa shape index (κ2) is 7.66. The van der Waals surface area contributed by atoms with Gasteiger partial charge in [-0.15, -0.1) is 0 Å². The van der Waals surface area contributed by atoms with Gasteiger partial charge in [-0.2, -0.15) is 18.3 Å². The molecule has 0 fully saturated rings. The van der Waals surface area contributed by atoms with Gasteiger partial charge in [0.15, 0.2) is 5.69 Å². The zero-order valence-electron chi connectivity index (χ0n) is 16.1. The van der Waals surface area contributed by atoms with Crippen molar-refractivity contribution < 1.29 is 31.1 Å². The number of sulfonamides is 1.